The van der Waals surface area contributed by atoms with Gasteiger partial charge in [-0.2, -0.15) is 0 Å². The lowest BCUT2D eigenvalue weighted by molar-refractivity contribution is 0.511. The van der Waals surface area contributed by atoms with Gasteiger partial charge in [0, 0.05) is 18.7 Å². The predicted molar refractivity (Wildman–Crippen MR) is 71.3 cm³/mol. The molecule has 1 N–H and O–H groups in total. The van der Waals surface area contributed by atoms with Crippen LogP contribution in [0.1, 0.15) is 33.1 Å². The summed E-state index contributed by atoms with van der Waals surface area (Å²) in [6.07, 6.45) is 1.12. The highest BCUT2D eigenvalue weighted by Gasteiger charge is 2.11. The van der Waals surface area contributed by atoms with Gasteiger partial charge in [0.05, 0.1) is 0 Å². The first-order valence-corrected chi connectivity index (χ1v) is 6.24. The third-order valence-electron chi connectivity index (χ3n) is 3.09. The Bertz CT molecular complexity index is 502. The van der Waals surface area contributed by atoms with Crippen molar-refractivity contribution in [3.8, 4) is 0 Å². The van der Waals surface area contributed by atoms with Crippen LogP contribution >= 0.6 is 0 Å². The van der Waals surface area contributed by atoms with Crippen LogP contribution in [0.5, 0.6) is 0 Å². The minimum absolute atomic E-state index is 0.500. The number of anilines is 1. The summed E-state index contributed by atoms with van der Waals surface area (Å²) < 4.78 is 5.46. The average molecular weight is 232 g/mol. The average Bonchev–Trinajstić information content (AvgIpc) is 2.64. The van der Waals surface area contributed by atoms with Crippen LogP contribution in [-0.2, 0) is 0 Å². The van der Waals surface area contributed by atoms with Gasteiger partial charge in [-0.3, -0.25) is 0 Å². The highest BCUT2D eigenvalue weighted by molar-refractivity contribution is 5.77. The number of aromatic nitrogens is 1. The van der Waals surface area contributed by atoms with Gasteiger partial charge in [0.15, 0.2) is 11.5 Å². The minimum atomic E-state index is 0.500. The molecule has 0 bridgehead atoms. The van der Waals surface area contributed by atoms with Gasteiger partial charge < -0.3 is 9.73 Å². The van der Waals surface area contributed by atoms with Gasteiger partial charge in [0.1, 0.15) is 5.52 Å². The summed E-state index contributed by atoms with van der Waals surface area (Å²) in [6.45, 7) is 8.55. The lowest BCUT2D eigenvalue weighted by Crippen LogP contribution is -2.24. The van der Waals surface area contributed by atoms with Crippen molar-refractivity contribution in [2.75, 3.05) is 5.32 Å². The van der Waals surface area contributed by atoms with Crippen molar-refractivity contribution in [2.24, 2.45) is 5.92 Å². The molecule has 1 aromatic carbocycles. The first-order valence-electron chi connectivity index (χ1n) is 6.24. The number of rotatable bonds is 4. The van der Waals surface area contributed by atoms with Crippen molar-refractivity contribution >= 4 is 16.8 Å². The largest absolute Gasteiger partial charge is 0.441 e. The third kappa shape index (κ3) is 2.60. The maximum atomic E-state index is 5.46. The van der Waals surface area contributed by atoms with E-state index in [0.29, 0.717) is 17.9 Å². The summed E-state index contributed by atoms with van der Waals surface area (Å²) in [7, 11) is 0. The van der Waals surface area contributed by atoms with E-state index >= 15 is 0 Å². The summed E-state index contributed by atoms with van der Waals surface area (Å²) in [4.78, 5) is 4.35. The topological polar surface area (TPSA) is 38.1 Å². The molecule has 0 saturated heterocycles. The molecule has 2 rings (SSSR count). The molecule has 0 amide bonds. The molecule has 0 aliphatic carbocycles. The molecule has 1 unspecified atom stereocenters. The van der Waals surface area contributed by atoms with Gasteiger partial charge in [-0.25, -0.2) is 4.98 Å². The SMILES string of the molecule is CCC(Nc1ccc2oc(C)nc2c1)C(C)C. The molecule has 2 aromatic rings. The van der Waals surface area contributed by atoms with Crippen molar-refractivity contribution in [1.29, 1.82) is 0 Å². The zero-order valence-electron chi connectivity index (χ0n) is 10.9. The molecule has 0 fully saturated rings. The van der Waals surface area contributed by atoms with Crippen LogP contribution in [0.25, 0.3) is 11.1 Å². The Hall–Kier alpha value is -1.51. The molecule has 0 saturated carbocycles. The third-order valence-corrected chi connectivity index (χ3v) is 3.09. The molecular weight excluding hydrogens is 212 g/mol. The second-order valence-electron chi connectivity index (χ2n) is 4.82. The zero-order chi connectivity index (χ0) is 12.4. The van der Waals surface area contributed by atoms with Crippen molar-refractivity contribution in [1.82, 2.24) is 4.98 Å². The maximum absolute atomic E-state index is 5.46. The van der Waals surface area contributed by atoms with E-state index in [-0.39, 0.29) is 0 Å². The van der Waals surface area contributed by atoms with Gasteiger partial charge in [0.25, 0.3) is 0 Å². The maximum Gasteiger partial charge on any atom is 0.192 e. The molecule has 92 valence electrons. The van der Waals surface area contributed by atoms with Crippen LogP contribution in [0.2, 0.25) is 0 Å². The number of aryl methyl sites for hydroxylation is 1. The normalized spacial score (nSPS) is 13.2. The van der Waals surface area contributed by atoms with Crippen LogP contribution < -0.4 is 5.32 Å². The van der Waals surface area contributed by atoms with E-state index in [9.17, 15) is 0 Å². The number of benzene rings is 1. The van der Waals surface area contributed by atoms with Crippen molar-refractivity contribution in [2.45, 2.75) is 40.2 Å². The Morgan fingerprint density at radius 2 is 2.12 bits per heavy atom. The Kier molecular flexibility index (Phi) is 3.36. The quantitative estimate of drug-likeness (QED) is 0.866. The van der Waals surface area contributed by atoms with Gasteiger partial charge >= 0.3 is 0 Å². The Labute approximate surface area is 102 Å². The lowest BCUT2D eigenvalue weighted by atomic mass is 10.0. The number of hydrogen-bond donors (Lipinski definition) is 1. The fourth-order valence-corrected chi connectivity index (χ4v) is 2.09. The number of hydrogen-bond acceptors (Lipinski definition) is 3. The van der Waals surface area contributed by atoms with E-state index in [0.717, 1.165) is 23.2 Å². The molecule has 1 atom stereocenters. The van der Waals surface area contributed by atoms with Gasteiger partial charge in [-0.1, -0.05) is 20.8 Å². The summed E-state index contributed by atoms with van der Waals surface area (Å²) in [5.41, 5.74) is 2.89. The van der Waals surface area contributed by atoms with Crippen LogP contribution in [0.3, 0.4) is 0 Å². The Balaban J connectivity index is 2.23. The second-order valence-corrected chi connectivity index (χ2v) is 4.82. The minimum Gasteiger partial charge on any atom is -0.441 e. The van der Waals surface area contributed by atoms with Crippen molar-refractivity contribution in [3.05, 3.63) is 24.1 Å². The standard InChI is InChI=1S/C14H20N2O/c1-5-12(9(2)3)16-11-6-7-14-13(8-11)15-10(4)17-14/h6-9,12,16H,5H2,1-4H3. The first kappa shape index (κ1) is 12.0. The van der Waals surface area contributed by atoms with Crippen molar-refractivity contribution in [3.63, 3.8) is 0 Å². The van der Waals surface area contributed by atoms with E-state index in [1.807, 2.05) is 13.0 Å². The van der Waals surface area contributed by atoms with E-state index in [1.54, 1.807) is 0 Å². The van der Waals surface area contributed by atoms with Gasteiger partial charge in [-0.05, 0) is 30.5 Å². The lowest BCUT2D eigenvalue weighted by Gasteiger charge is -2.21. The summed E-state index contributed by atoms with van der Waals surface area (Å²) >= 11 is 0. The highest BCUT2D eigenvalue weighted by atomic mass is 16.3. The fourth-order valence-electron chi connectivity index (χ4n) is 2.09. The van der Waals surface area contributed by atoms with Crippen LogP contribution in [0, 0.1) is 12.8 Å². The highest BCUT2D eigenvalue weighted by Crippen LogP contribution is 2.21. The zero-order valence-corrected chi connectivity index (χ0v) is 10.9. The molecule has 0 aliphatic heterocycles. The molecule has 3 heteroatoms. The number of nitrogens with zero attached hydrogens (tertiary/aromatic N) is 1. The summed E-state index contributed by atoms with van der Waals surface area (Å²) in [5.74, 6) is 1.34. The molecular formula is C14H20N2O. The second kappa shape index (κ2) is 4.78. The van der Waals surface area contributed by atoms with E-state index in [2.05, 4.69) is 43.2 Å². The fraction of sp³-hybridized carbons (Fsp3) is 0.500. The van der Waals surface area contributed by atoms with E-state index in [4.69, 9.17) is 4.42 Å². The molecule has 17 heavy (non-hydrogen) atoms. The monoisotopic (exact) mass is 232 g/mol. The number of oxazole rings is 1. The van der Waals surface area contributed by atoms with Gasteiger partial charge in [-0.15, -0.1) is 0 Å². The van der Waals surface area contributed by atoms with Crippen LogP contribution in [0.15, 0.2) is 22.6 Å². The Morgan fingerprint density at radius 3 is 2.76 bits per heavy atom. The molecule has 0 aliphatic rings. The van der Waals surface area contributed by atoms with Gasteiger partial charge in [0.2, 0.25) is 0 Å². The first-order chi connectivity index (χ1) is 8.10. The van der Waals surface area contributed by atoms with E-state index in [1.165, 1.54) is 0 Å². The molecule has 0 radical (unpaired) electrons. The Morgan fingerprint density at radius 1 is 1.35 bits per heavy atom. The number of nitrogens with one attached hydrogen (secondary N) is 1. The van der Waals surface area contributed by atoms with Crippen LogP contribution in [0.4, 0.5) is 5.69 Å². The molecule has 1 heterocycles. The number of fused-ring (bicyclic) bond motifs is 1. The van der Waals surface area contributed by atoms with Crippen molar-refractivity contribution < 1.29 is 4.42 Å². The predicted octanol–water partition coefficient (Wildman–Crippen LogP) is 3.98. The van der Waals surface area contributed by atoms with Crippen LogP contribution in [-0.4, -0.2) is 11.0 Å². The molecule has 1 aromatic heterocycles. The summed E-state index contributed by atoms with van der Waals surface area (Å²) in [5, 5.41) is 3.55. The smallest absolute Gasteiger partial charge is 0.192 e. The van der Waals surface area contributed by atoms with E-state index < -0.39 is 0 Å². The summed E-state index contributed by atoms with van der Waals surface area (Å²) in [6, 6.07) is 6.58. The molecule has 3 nitrogen and oxygen atoms in total. The molecule has 0 spiro atoms.